The Hall–Kier alpha value is -8.18. The molecule has 0 amide bonds. The number of anilines is 3. The highest BCUT2D eigenvalue weighted by molar-refractivity contribution is 7.27. The van der Waals surface area contributed by atoms with E-state index in [0.717, 1.165) is 83.2 Å². The van der Waals surface area contributed by atoms with Crippen LogP contribution in [0.25, 0.3) is 109 Å². The zero-order valence-corrected chi connectivity index (χ0v) is 35.4. The van der Waals surface area contributed by atoms with Gasteiger partial charge in [-0.1, -0.05) is 146 Å². The summed E-state index contributed by atoms with van der Waals surface area (Å²) in [5.41, 5.74) is 16.4. The number of thiophene rings is 1. The molecule has 0 bridgehead atoms. The van der Waals surface area contributed by atoms with Gasteiger partial charge in [-0.15, -0.1) is 11.3 Å². The first-order valence-corrected chi connectivity index (χ1v) is 22.5. The number of hydrogen-bond acceptors (Lipinski definition) is 4. The minimum absolute atomic E-state index is 0.900. The van der Waals surface area contributed by atoms with Crippen molar-refractivity contribution in [3.63, 3.8) is 0 Å². The summed E-state index contributed by atoms with van der Waals surface area (Å²) in [5, 5.41) is 7.02. The van der Waals surface area contributed by atoms with Gasteiger partial charge in [0.25, 0.3) is 0 Å². The molecule has 0 fully saturated rings. The van der Waals surface area contributed by atoms with Gasteiger partial charge in [0.1, 0.15) is 22.3 Å². The van der Waals surface area contributed by atoms with Gasteiger partial charge < -0.3 is 13.7 Å². The van der Waals surface area contributed by atoms with Crippen LogP contribution in [0.1, 0.15) is 0 Å². The van der Waals surface area contributed by atoms with Gasteiger partial charge >= 0.3 is 0 Å². The standard InChI is InChI=1S/C60H37NO2S/c1-3-12-38(13-4-1)44-36-50(41-14-5-2-6-15-41)59-53(37-44)49-18-11-19-54(60(49)64-59)61(45-28-22-39(23-29-45)42-26-32-57-51(34-42)47-16-7-9-20-55(47)62-57)46-30-24-40(25-31-46)43-27-33-58-52(35-43)48-17-8-10-21-56(48)63-58/h1-37H. The fourth-order valence-corrected chi connectivity index (χ4v) is 10.9. The van der Waals surface area contributed by atoms with Gasteiger partial charge in [-0.2, -0.15) is 0 Å². The van der Waals surface area contributed by atoms with E-state index in [2.05, 4.69) is 205 Å². The topological polar surface area (TPSA) is 29.5 Å². The Morgan fingerprint density at radius 1 is 0.281 bits per heavy atom. The van der Waals surface area contributed by atoms with E-state index in [9.17, 15) is 0 Å². The second kappa shape index (κ2) is 14.7. The van der Waals surface area contributed by atoms with E-state index in [1.54, 1.807) is 0 Å². The molecule has 0 radical (unpaired) electrons. The maximum atomic E-state index is 6.17. The summed E-state index contributed by atoms with van der Waals surface area (Å²) in [7, 11) is 0. The van der Waals surface area contributed by atoms with E-state index in [4.69, 9.17) is 8.83 Å². The lowest BCUT2D eigenvalue weighted by atomic mass is 9.96. The van der Waals surface area contributed by atoms with Crippen LogP contribution in [0.5, 0.6) is 0 Å². The number of rotatable bonds is 7. The molecule has 13 rings (SSSR count). The average Bonchev–Trinajstić information content (AvgIpc) is 4.06. The highest BCUT2D eigenvalue weighted by atomic mass is 32.1. The molecule has 3 aromatic heterocycles. The molecule has 10 aromatic carbocycles. The summed E-state index contributed by atoms with van der Waals surface area (Å²) in [6.45, 7) is 0. The van der Waals surface area contributed by atoms with Crippen LogP contribution in [0.4, 0.5) is 17.1 Å². The van der Waals surface area contributed by atoms with Gasteiger partial charge in [-0.05, 0) is 118 Å². The molecule has 4 heteroatoms. The summed E-state index contributed by atoms with van der Waals surface area (Å²) in [4.78, 5) is 2.42. The van der Waals surface area contributed by atoms with Gasteiger partial charge in [0.15, 0.2) is 0 Å². The SMILES string of the molecule is c1ccc(-c2cc(-c3ccccc3)c3sc4c(N(c5ccc(-c6ccc7oc8ccccc8c7c6)cc5)c5ccc(-c6ccc7oc8ccccc8c7c6)cc5)cccc4c3c2)cc1. The van der Waals surface area contributed by atoms with E-state index >= 15 is 0 Å². The van der Waals surface area contributed by atoms with Crippen LogP contribution in [0, 0.1) is 0 Å². The lowest BCUT2D eigenvalue weighted by Crippen LogP contribution is -2.10. The summed E-state index contributed by atoms with van der Waals surface area (Å²) < 4.78 is 14.9. The average molecular weight is 836 g/mol. The van der Waals surface area contributed by atoms with Gasteiger partial charge in [-0.25, -0.2) is 0 Å². The number of furan rings is 2. The van der Waals surface area contributed by atoms with Gasteiger partial charge in [-0.3, -0.25) is 0 Å². The predicted molar refractivity (Wildman–Crippen MR) is 270 cm³/mol. The van der Waals surface area contributed by atoms with Gasteiger partial charge in [0, 0.05) is 54.0 Å². The van der Waals surface area contributed by atoms with Crippen LogP contribution >= 0.6 is 11.3 Å². The Morgan fingerprint density at radius 3 is 1.31 bits per heavy atom. The van der Waals surface area contributed by atoms with Crippen LogP contribution in [-0.4, -0.2) is 0 Å². The van der Waals surface area contributed by atoms with Crippen LogP contribution in [0.15, 0.2) is 233 Å². The van der Waals surface area contributed by atoms with Crippen molar-refractivity contribution in [3.05, 3.63) is 224 Å². The molecule has 0 unspecified atom stereocenters. The van der Waals surface area contributed by atoms with Crippen molar-refractivity contribution in [1.82, 2.24) is 0 Å². The number of benzene rings is 10. The third-order valence-corrected chi connectivity index (χ3v) is 14.0. The van der Waals surface area contributed by atoms with Crippen molar-refractivity contribution in [2.24, 2.45) is 0 Å². The fourth-order valence-electron chi connectivity index (χ4n) is 9.54. The molecule has 0 aliphatic carbocycles. The molecule has 3 nitrogen and oxygen atoms in total. The zero-order chi connectivity index (χ0) is 42.1. The van der Waals surface area contributed by atoms with Crippen molar-refractivity contribution in [2.45, 2.75) is 0 Å². The molecule has 300 valence electrons. The lowest BCUT2D eigenvalue weighted by Gasteiger charge is -2.26. The molecule has 13 aromatic rings. The Balaban J connectivity index is 0.973. The monoisotopic (exact) mass is 835 g/mol. The molecular formula is C60H37NO2S. The maximum absolute atomic E-state index is 6.17. The maximum Gasteiger partial charge on any atom is 0.135 e. The van der Waals surface area contributed by atoms with E-state index < -0.39 is 0 Å². The van der Waals surface area contributed by atoms with Crippen LogP contribution < -0.4 is 4.90 Å². The molecule has 0 saturated carbocycles. The number of fused-ring (bicyclic) bond motifs is 9. The fraction of sp³-hybridized carbons (Fsp3) is 0. The van der Waals surface area contributed by atoms with E-state index in [1.807, 2.05) is 35.6 Å². The van der Waals surface area contributed by atoms with Crippen LogP contribution in [-0.2, 0) is 0 Å². The quantitative estimate of drug-likeness (QED) is 0.160. The first kappa shape index (κ1) is 36.5. The Kier molecular flexibility index (Phi) is 8.40. The minimum atomic E-state index is 0.900. The van der Waals surface area contributed by atoms with Gasteiger partial charge in [0.05, 0.1) is 10.4 Å². The second-order valence-corrected chi connectivity index (χ2v) is 17.5. The highest BCUT2D eigenvalue weighted by Gasteiger charge is 2.21. The highest BCUT2D eigenvalue weighted by Crippen LogP contribution is 2.49. The number of para-hydroxylation sites is 2. The number of nitrogens with zero attached hydrogens (tertiary/aromatic N) is 1. The summed E-state index contributed by atoms with van der Waals surface area (Å²) in [6.07, 6.45) is 0. The third kappa shape index (κ3) is 6.03. The second-order valence-electron chi connectivity index (χ2n) is 16.4. The first-order valence-electron chi connectivity index (χ1n) is 21.6. The summed E-state index contributed by atoms with van der Waals surface area (Å²) in [5.74, 6) is 0. The normalized spacial score (nSPS) is 11.8. The number of hydrogen-bond donors (Lipinski definition) is 0. The molecule has 0 saturated heterocycles. The first-order chi connectivity index (χ1) is 31.7. The molecule has 64 heavy (non-hydrogen) atoms. The summed E-state index contributed by atoms with van der Waals surface area (Å²) in [6, 6.07) is 80.6. The largest absolute Gasteiger partial charge is 0.456 e. The molecule has 3 heterocycles. The van der Waals surface area contributed by atoms with Crippen molar-refractivity contribution >= 4 is 92.4 Å². The Morgan fingerprint density at radius 2 is 0.734 bits per heavy atom. The van der Waals surface area contributed by atoms with Gasteiger partial charge in [0.2, 0.25) is 0 Å². The van der Waals surface area contributed by atoms with E-state index in [1.165, 1.54) is 42.4 Å². The van der Waals surface area contributed by atoms with E-state index in [-0.39, 0.29) is 0 Å². The Labute approximate surface area is 373 Å². The van der Waals surface area contributed by atoms with Crippen molar-refractivity contribution in [3.8, 4) is 44.5 Å². The molecule has 0 spiro atoms. The van der Waals surface area contributed by atoms with Crippen molar-refractivity contribution in [2.75, 3.05) is 4.90 Å². The predicted octanol–water partition coefficient (Wildman–Crippen LogP) is 18.0. The molecule has 0 aliphatic rings. The molecular weight excluding hydrogens is 799 g/mol. The van der Waals surface area contributed by atoms with Crippen molar-refractivity contribution in [1.29, 1.82) is 0 Å². The molecule has 0 N–H and O–H groups in total. The van der Waals surface area contributed by atoms with Crippen LogP contribution in [0.2, 0.25) is 0 Å². The Bertz CT molecular complexity index is 3720. The van der Waals surface area contributed by atoms with Crippen LogP contribution in [0.3, 0.4) is 0 Å². The molecule has 0 aliphatic heterocycles. The molecule has 0 atom stereocenters. The smallest absolute Gasteiger partial charge is 0.135 e. The third-order valence-electron chi connectivity index (χ3n) is 12.7. The lowest BCUT2D eigenvalue weighted by molar-refractivity contribution is 0.668. The zero-order valence-electron chi connectivity index (χ0n) is 34.5. The van der Waals surface area contributed by atoms with E-state index in [0.29, 0.717) is 0 Å². The van der Waals surface area contributed by atoms with Crippen molar-refractivity contribution < 1.29 is 8.83 Å². The summed E-state index contributed by atoms with van der Waals surface area (Å²) >= 11 is 1.88. The minimum Gasteiger partial charge on any atom is -0.456 e.